The fourth-order valence-corrected chi connectivity index (χ4v) is 2.62. The summed E-state index contributed by atoms with van der Waals surface area (Å²) in [6.07, 6.45) is -3.19. The van der Waals surface area contributed by atoms with Gasteiger partial charge in [-0.1, -0.05) is 0 Å². The molecule has 0 bridgehead atoms. The van der Waals surface area contributed by atoms with E-state index in [1.165, 1.54) is 20.8 Å². The van der Waals surface area contributed by atoms with Crippen LogP contribution in [0, 0.1) is 0 Å². The summed E-state index contributed by atoms with van der Waals surface area (Å²) in [5.74, 6) is 0. The van der Waals surface area contributed by atoms with Crippen LogP contribution in [-0.4, -0.2) is 56.2 Å². The third kappa shape index (κ3) is 13.1. The van der Waals surface area contributed by atoms with Gasteiger partial charge in [0.15, 0.2) is 0 Å². The van der Waals surface area contributed by atoms with Crippen molar-refractivity contribution >= 4 is 44.0 Å². The molecule has 0 radical (unpaired) electrons. The van der Waals surface area contributed by atoms with Crippen LogP contribution >= 0.6 is 7.59 Å². The summed E-state index contributed by atoms with van der Waals surface area (Å²) in [6, 6.07) is -4.09. The van der Waals surface area contributed by atoms with Crippen LogP contribution in [0.3, 0.4) is 0 Å². The highest BCUT2D eigenvalue weighted by Gasteiger charge is 2.30. The number of rotatable bonds is 6. The summed E-state index contributed by atoms with van der Waals surface area (Å²) in [7, 11) is -4.68. The fraction of sp³-hybridized carbons (Fsp3) is 0.500. The fourth-order valence-electron chi connectivity index (χ4n) is 1.42. The van der Waals surface area contributed by atoms with Gasteiger partial charge in [0.05, 0.1) is 19.8 Å². The topological polar surface area (TPSA) is 255 Å². The predicted molar refractivity (Wildman–Crippen MR) is 103 cm³/mol. The molecule has 0 saturated carbocycles. The Hall–Kier alpha value is -4.15. The lowest BCUT2D eigenvalue weighted by molar-refractivity contribution is 0.147. The predicted octanol–water partition coefficient (Wildman–Crippen LogP) is -1.02. The molecule has 19 nitrogen and oxygen atoms in total. The van der Waals surface area contributed by atoms with E-state index in [2.05, 4.69) is 14.2 Å². The highest BCUT2D eigenvalue weighted by atomic mass is 31.2. The lowest BCUT2D eigenvalue weighted by atomic mass is 10.9. The quantitative estimate of drug-likeness (QED) is 0.126. The Morgan fingerprint density at radius 2 is 0.781 bits per heavy atom. The molecule has 9 N–H and O–H groups in total. The van der Waals surface area contributed by atoms with Crippen LogP contribution in [-0.2, 0) is 18.8 Å². The monoisotopic (exact) mass is 485 g/mol. The Morgan fingerprint density at radius 3 is 1.00 bits per heavy atom. The van der Waals surface area contributed by atoms with Gasteiger partial charge in [-0.05, 0) is 20.8 Å². The van der Waals surface area contributed by atoms with Crippen LogP contribution in [0.5, 0.6) is 0 Å². The highest BCUT2D eigenvalue weighted by molar-refractivity contribution is 7.59. The Balaban J connectivity index is 5.07. The first kappa shape index (κ1) is 27.8. The maximum Gasteiger partial charge on any atom is 0.426 e. The SMILES string of the molecule is CCOC(=O)NNC(=O)NP(=O)(NC(=O)NNC(=O)OCC)NC(=O)NNC(=O)OCC. The molecule has 0 aliphatic rings. The smallest absolute Gasteiger partial charge is 0.426 e. The van der Waals surface area contributed by atoms with Crippen molar-refractivity contribution in [2.75, 3.05) is 19.8 Å². The molecule has 0 aromatic rings. The third-order valence-electron chi connectivity index (χ3n) is 2.44. The van der Waals surface area contributed by atoms with Crippen molar-refractivity contribution in [2.45, 2.75) is 20.8 Å². The zero-order chi connectivity index (χ0) is 24.6. The number of hydrogen-bond donors (Lipinski definition) is 9. The Bertz CT molecular complexity index is 654. The van der Waals surface area contributed by atoms with Gasteiger partial charge >= 0.3 is 44.0 Å². The van der Waals surface area contributed by atoms with E-state index in [4.69, 9.17) is 0 Å². The van der Waals surface area contributed by atoms with E-state index in [9.17, 15) is 33.3 Å². The average Bonchev–Trinajstić information content (AvgIpc) is 2.69. The number of urea groups is 3. The number of hydrazine groups is 3. The van der Waals surface area contributed by atoms with Crippen molar-refractivity contribution in [1.29, 1.82) is 0 Å². The van der Waals surface area contributed by atoms with Crippen LogP contribution < -0.4 is 47.8 Å². The molecule has 0 aliphatic carbocycles. The van der Waals surface area contributed by atoms with E-state index in [0.29, 0.717) is 0 Å². The number of nitrogens with one attached hydrogen (secondary N) is 9. The van der Waals surface area contributed by atoms with Gasteiger partial charge in [0, 0.05) is 0 Å². The van der Waals surface area contributed by atoms with E-state index in [-0.39, 0.29) is 19.8 Å². The molecule has 0 aliphatic heterocycles. The highest BCUT2D eigenvalue weighted by Crippen LogP contribution is 2.29. The first-order chi connectivity index (χ1) is 15.0. The number of amides is 9. The molecule has 182 valence electrons. The molecule has 0 aromatic carbocycles. The van der Waals surface area contributed by atoms with E-state index in [0.717, 1.165) is 0 Å². The molecule has 20 heteroatoms. The van der Waals surface area contributed by atoms with Crippen LogP contribution in [0.15, 0.2) is 0 Å². The minimum atomic E-state index is -4.68. The minimum absolute atomic E-state index is 0.0159. The second-order valence-corrected chi connectivity index (χ2v) is 6.73. The average molecular weight is 485 g/mol. The summed E-state index contributed by atoms with van der Waals surface area (Å²) in [5.41, 5.74) is 10.5. The van der Waals surface area contributed by atoms with Crippen LogP contribution in [0.1, 0.15) is 20.8 Å². The van der Waals surface area contributed by atoms with Crippen molar-refractivity contribution in [3.05, 3.63) is 0 Å². The lowest BCUT2D eigenvalue weighted by Gasteiger charge is -2.21. The lowest BCUT2D eigenvalue weighted by Crippen LogP contribution is -2.54. The van der Waals surface area contributed by atoms with E-state index in [1.54, 1.807) is 47.8 Å². The van der Waals surface area contributed by atoms with Gasteiger partial charge in [-0.25, -0.2) is 65.9 Å². The molecule has 0 aromatic heterocycles. The zero-order valence-corrected chi connectivity index (χ0v) is 18.0. The Morgan fingerprint density at radius 1 is 0.531 bits per heavy atom. The van der Waals surface area contributed by atoms with E-state index < -0.39 is 44.0 Å². The Kier molecular flexibility index (Phi) is 12.9. The number of ether oxygens (including phenoxy) is 3. The zero-order valence-electron chi connectivity index (χ0n) is 17.2. The van der Waals surface area contributed by atoms with Gasteiger partial charge in [-0.2, -0.15) is 0 Å². The molecule has 0 saturated heterocycles. The number of hydrogen-bond acceptors (Lipinski definition) is 10. The summed E-state index contributed by atoms with van der Waals surface area (Å²) in [4.78, 5) is 69.0. The van der Waals surface area contributed by atoms with E-state index in [1.807, 2.05) is 0 Å². The van der Waals surface area contributed by atoms with Crippen molar-refractivity contribution in [3.63, 3.8) is 0 Å². The molecule has 0 fully saturated rings. The maximum atomic E-state index is 12.8. The van der Waals surface area contributed by atoms with Crippen LogP contribution in [0.2, 0.25) is 0 Å². The first-order valence-corrected chi connectivity index (χ1v) is 10.4. The van der Waals surface area contributed by atoms with Gasteiger partial charge in [-0.15, -0.1) is 0 Å². The van der Waals surface area contributed by atoms with Crippen molar-refractivity contribution < 1.29 is 47.5 Å². The van der Waals surface area contributed by atoms with Crippen molar-refractivity contribution in [3.8, 4) is 0 Å². The molecular formula is C12H24N9O10P. The third-order valence-corrected chi connectivity index (χ3v) is 3.99. The molecule has 0 heterocycles. The van der Waals surface area contributed by atoms with E-state index >= 15 is 0 Å². The molecule has 0 unspecified atom stereocenters. The summed E-state index contributed by atoms with van der Waals surface area (Å²) in [5, 5.41) is 5.05. The summed E-state index contributed by atoms with van der Waals surface area (Å²) >= 11 is 0. The number of carbonyl (C=O) groups is 6. The minimum Gasteiger partial charge on any atom is -0.449 e. The van der Waals surface area contributed by atoms with Gasteiger partial charge < -0.3 is 14.2 Å². The van der Waals surface area contributed by atoms with Crippen LogP contribution in [0.25, 0.3) is 0 Å². The van der Waals surface area contributed by atoms with Crippen LogP contribution in [0.4, 0.5) is 28.8 Å². The molecule has 32 heavy (non-hydrogen) atoms. The van der Waals surface area contributed by atoms with Gasteiger partial charge in [0.1, 0.15) is 0 Å². The molecule has 9 amide bonds. The standard InChI is InChI=1S/C12H24N9O10P/c1-4-29-10(25)16-13-7(22)19-32(28,20-8(23)14-17-11(26)30-5-2)21-9(24)15-18-12(27)31-6-3/h4-6H2,1-3H3,(H,16,25)(H,17,26)(H,18,27)(H6,13,14,15,19,20,21,22,23,24,28). The first-order valence-electron chi connectivity index (χ1n) is 8.68. The largest absolute Gasteiger partial charge is 0.449 e. The summed E-state index contributed by atoms with van der Waals surface area (Å²) in [6.45, 7) is 4.43. The van der Waals surface area contributed by atoms with Crippen molar-refractivity contribution in [2.24, 2.45) is 0 Å². The second-order valence-electron chi connectivity index (χ2n) is 4.84. The molecular weight excluding hydrogens is 461 g/mol. The second kappa shape index (κ2) is 14.8. The Labute approximate surface area is 180 Å². The van der Waals surface area contributed by atoms with Gasteiger partial charge in [0.25, 0.3) is 0 Å². The molecule has 0 spiro atoms. The van der Waals surface area contributed by atoms with Gasteiger partial charge in [-0.3, -0.25) is 15.3 Å². The molecule has 0 atom stereocenters. The maximum absolute atomic E-state index is 12.8. The van der Waals surface area contributed by atoms with Gasteiger partial charge in [0.2, 0.25) is 0 Å². The number of carbonyl (C=O) groups excluding carboxylic acids is 6. The molecule has 0 rings (SSSR count). The van der Waals surface area contributed by atoms with Crippen molar-refractivity contribution in [1.82, 2.24) is 47.8 Å². The summed E-state index contributed by atoms with van der Waals surface area (Å²) < 4.78 is 26.2. The normalized spacial score (nSPS) is 9.72.